The van der Waals surface area contributed by atoms with Gasteiger partial charge < -0.3 is 43.9 Å². The number of aliphatic hydroxyl groups is 1. The van der Waals surface area contributed by atoms with Crippen LogP contribution in [-0.2, 0) is 25.6 Å². The van der Waals surface area contributed by atoms with Gasteiger partial charge in [0.25, 0.3) is 0 Å². The lowest BCUT2D eigenvalue weighted by Crippen LogP contribution is -2.54. The van der Waals surface area contributed by atoms with Crippen LogP contribution < -0.4 is 19.7 Å². The van der Waals surface area contributed by atoms with E-state index < -0.39 is 30.3 Å². The number of nitrogens with one attached hydrogen (secondary N) is 1. The molecule has 11 heteroatoms. The molecule has 0 spiro atoms. The molecule has 44 heavy (non-hydrogen) atoms. The number of hydrogen-bond acceptors (Lipinski definition) is 9. The second-order valence-corrected chi connectivity index (χ2v) is 12.2. The van der Waals surface area contributed by atoms with E-state index in [1.807, 2.05) is 57.2 Å². The molecule has 0 aromatic heterocycles. The van der Waals surface area contributed by atoms with Crippen LogP contribution in [0.1, 0.15) is 44.2 Å². The average Bonchev–Trinajstić information content (AvgIpc) is 3.01. The van der Waals surface area contributed by atoms with E-state index in [4.69, 9.17) is 23.7 Å². The first-order valence-corrected chi connectivity index (χ1v) is 15.2. The molecule has 0 saturated carbocycles. The predicted octanol–water partition coefficient (Wildman–Crippen LogP) is 3.57. The van der Waals surface area contributed by atoms with E-state index in [1.165, 1.54) is 0 Å². The van der Waals surface area contributed by atoms with Crippen molar-refractivity contribution in [3.8, 4) is 11.5 Å². The smallest absolute Gasteiger partial charge is 0.410 e. The molecule has 1 fully saturated rings. The zero-order chi connectivity index (χ0) is 31.7. The molecule has 1 saturated heterocycles. The number of anilines is 1. The van der Waals surface area contributed by atoms with E-state index in [9.17, 15) is 14.7 Å². The molecule has 2 aromatic rings. The highest BCUT2D eigenvalue weighted by molar-refractivity contribution is 5.76. The number of carbonyl (C=O) groups excluding carboxylic acids is 2. The number of amides is 2. The monoisotopic (exact) mass is 613 g/mol. The third kappa shape index (κ3) is 8.99. The lowest BCUT2D eigenvalue weighted by molar-refractivity contribution is -0.124. The van der Waals surface area contributed by atoms with Crippen molar-refractivity contribution < 1.29 is 38.4 Å². The van der Waals surface area contributed by atoms with E-state index in [0.717, 1.165) is 47.8 Å². The number of benzene rings is 2. The van der Waals surface area contributed by atoms with Gasteiger partial charge in [0.05, 0.1) is 38.6 Å². The second-order valence-electron chi connectivity index (χ2n) is 12.2. The summed E-state index contributed by atoms with van der Waals surface area (Å²) in [6.45, 7) is 9.11. The third-order valence-corrected chi connectivity index (χ3v) is 7.84. The van der Waals surface area contributed by atoms with Crippen molar-refractivity contribution in [2.45, 2.75) is 51.4 Å². The Morgan fingerprint density at radius 3 is 2.55 bits per heavy atom. The van der Waals surface area contributed by atoms with Gasteiger partial charge in [0.2, 0.25) is 5.91 Å². The molecule has 2 N–H and O–H groups in total. The molecule has 0 bridgehead atoms. The summed E-state index contributed by atoms with van der Waals surface area (Å²) in [7, 11) is 3.33. The number of aliphatic hydroxyl groups excluding tert-OH is 1. The van der Waals surface area contributed by atoms with E-state index >= 15 is 0 Å². The molecule has 2 heterocycles. The average molecular weight is 614 g/mol. The number of rotatable bonds is 12. The van der Waals surface area contributed by atoms with Gasteiger partial charge >= 0.3 is 6.09 Å². The van der Waals surface area contributed by atoms with Gasteiger partial charge in [-0.1, -0.05) is 18.2 Å². The Hall–Kier alpha value is -3.54. The molecule has 242 valence electrons. The minimum atomic E-state index is -0.665. The molecule has 11 nitrogen and oxygen atoms in total. The van der Waals surface area contributed by atoms with E-state index in [1.54, 1.807) is 19.1 Å². The Labute approximate surface area is 260 Å². The maximum Gasteiger partial charge on any atom is 0.410 e. The number of carbonyl (C=O) groups is 2. The molecule has 3 atom stereocenters. The minimum absolute atomic E-state index is 0.162. The van der Waals surface area contributed by atoms with Crippen LogP contribution in [0.5, 0.6) is 11.5 Å². The zero-order valence-electron chi connectivity index (χ0n) is 26.5. The van der Waals surface area contributed by atoms with Gasteiger partial charge in [-0.05, 0) is 62.6 Å². The number of likely N-dealkylation sites (tertiary alicyclic amines) is 1. The molecule has 0 radical (unpaired) electrons. The summed E-state index contributed by atoms with van der Waals surface area (Å²) in [6, 6.07) is 13.9. The molecule has 0 unspecified atom stereocenters. The highest BCUT2D eigenvalue weighted by Crippen LogP contribution is 2.38. The molecule has 2 aliphatic heterocycles. The molecule has 2 amide bonds. The van der Waals surface area contributed by atoms with Crippen molar-refractivity contribution in [3.05, 3.63) is 53.6 Å². The van der Waals surface area contributed by atoms with Crippen molar-refractivity contribution in [1.29, 1.82) is 0 Å². The third-order valence-electron chi connectivity index (χ3n) is 7.84. The maximum absolute atomic E-state index is 13.3. The first kappa shape index (κ1) is 33.4. The van der Waals surface area contributed by atoms with Crippen LogP contribution >= 0.6 is 0 Å². The summed E-state index contributed by atoms with van der Waals surface area (Å²) < 4.78 is 28.9. The Bertz CT molecular complexity index is 1230. The van der Waals surface area contributed by atoms with Gasteiger partial charge in [-0.2, -0.15) is 0 Å². The Balaban J connectivity index is 1.61. The number of piperidine rings is 1. The standard InChI is InChI=1S/C33H47N3O8/c1-33(2,3)44-32(39)36-19-25(18-34-30(38)21-37)31(24-8-10-26(41-5)11-9-24)29(20-36)43-22-23-7-12-28-27(17-23)35(14-16-42-28)13-6-15-40-4/h7-12,17,25,29,31,37H,6,13-16,18-22H2,1-5H3,(H,34,38)/t25-,29+,31+/m1/s1. The van der Waals surface area contributed by atoms with Gasteiger partial charge in [-0.25, -0.2) is 4.79 Å². The first-order chi connectivity index (χ1) is 21.1. The largest absolute Gasteiger partial charge is 0.497 e. The molecule has 0 aliphatic carbocycles. The lowest BCUT2D eigenvalue weighted by Gasteiger charge is -2.44. The maximum atomic E-state index is 13.3. The summed E-state index contributed by atoms with van der Waals surface area (Å²) in [5, 5.41) is 12.2. The normalized spacial score (nSPS) is 20.0. The van der Waals surface area contributed by atoms with Crippen LogP contribution in [0, 0.1) is 5.92 Å². The number of methoxy groups -OCH3 is 2. The first-order valence-electron chi connectivity index (χ1n) is 15.2. The molecular formula is C33H47N3O8. The van der Waals surface area contributed by atoms with E-state index in [0.29, 0.717) is 32.9 Å². The fraction of sp³-hybridized carbons (Fsp3) is 0.576. The second kappa shape index (κ2) is 15.5. The summed E-state index contributed by atoms with van der Waals surface area (Å²) in [5.41, 5.74) is 2.36. The van der Waals surface area contributed by atoms with Gasteiger partial charge in [-0.15, -0.1) is 0 Å². The Kier molecular flexibility index (Phi) is 11.7. The van der Waals surface area contributed by atoms with Gasteiger partial charge in [-0.3, -0.25) is 4.79 Å². The Morgan fingerprint density at radius 1 is 1.09 bits per heavy atom. The van der Waals surface area contributed by atoms with Crippen molar-refractivity contribution in [1.82, 2.24) is 10.2 Å². The van der Waals surface area contributed by atoms with Crippen LogP contribution in [0.2, 0.25) is 0 Å². The molecular weight excluding hydrogens is 566 g/mol. The highest BCUT2D eigenvalue weighted by Gasteiger charge is 2.41. The summed E-state index contributed by atoms with van der Waals surface area (Å²) in [5.74, 6) is 0.732. The van der Waals surface area contributed by atoms with Crippen molar-refractivity contribution in [3.63, 3.8) is 0 Å². The van der Waals surface area contributed by atoms with E-state index in [2.05, 4.69) is 16.3 Å². The SMILES string of the molecule is COCCCN1CCOc2ccc(CO[C@H]3CN(C(=O)OC(C)(C)C)C[C@@H](CNC(=O)CO)[C@@H]3c3ccc(OC)cc3)cc21. The number of nitrogens with zero attached hydrogens (tertiary/aromatic N) is 2. The minimum Gasteiger partial charge on any atom is -0.497 e. The fourth-order valence-electron chi connectivity index (χ4n) is 5.79. The van der Waals surface area contributed by atoms with Crippen LogP contribution in [0.15, 0.2) is 42.5 Å². The lowest BCUT2D eigenvalue weighted by atomic mass is 9.78. The van der Waals surface area contributed by atoms with Gasteiger partial charge in [0, 0.05) is 45.2 Å². The van der Waals surface area contributed by atoms with Crippen molar-refractivity contribution in [2.75, 3.05) is 71.7 Å². The summed E-state index contributed by atoms with van der Waals surface area (Å²) >= 11 is 0. The predicted molar refractivity (Wildman–Crippen MR) is 166 cm³/mol. The van der Waals surface area contributed by atoms with E-state index in [-0.39, 0.29) is 18.4 Å². The highest BCUT2D eigenvalue weighted by atomic mass is 16.6. The number of fused-ring (bicyclic) bond motifs is 1. The quantitative estimate of drug-likeness (QED) is 0.346. The number of ether oxygens (including phenoxy) is 5. The summed E-state index contributed by atoms with van der Waals surface area (Å²) in [4.78, 5) is 29.3. The molecule has 2 aromatic carbocycles. The van der Waals surface area contributed by atoms with Crippen molar-refractivity contribution >= 4 is 17.7 Å². The number of hydrogen-bond donors (Lipinski definition) is 2. The molecule has 2 aliphatic rings. The van der Waals surface area contributed by atoms with Gasteiger partial charge in [0.15, 0.2) is 0 Å². The van der Waals surface area contributed by atoms with Gasteiger partial charge in [0.1, 0.15) is 30.3 Å². The van der Waals surface area contributed by atoms with Crippen molar-refractivity contribution in [2.24, 2.45) is 5.92 Å². The fourth-order valence-corrected chi connectivity index (χ4v) is 5.79. The van der Waals surface area contributed by atoms with Crippen LogP contribution in [0.25, 0.3) is 0 Å². The molecule has 4 rings (SSSR count). The van der Waals surface area contributed by atoms with Crippen LogP contribution in [0.3, 0.4) is 0 Å². The zero-order valence-corrected chi connectivity index (χ0v) is 26.5. The topological polar surface area (TPSA) is 119 Å². The summed E-state index contributed by atoms with van der Waals surface area (Å²) in [6.07, 6.45) is 0.0675. The Morgan fingerprint density at radius 2 is 1.86 bits per heavy atom. The van der Waals surface area contributed by atoms with Crippen LogP contribution in [-0.4, -0.2) is 100 Å². The van der Waals surface area contributed by atoms with Crippen LogP contribution in [0.4, 0.5) is 10.5 Å².